The second kappa shape index (κ2) is 2.87. The Balaban J connectivity index is 2.42. The molecule has 2 nitrogen and oxygen atoms in total. The number of anilines is 1. The molecule has 2 rings (SSSR count). The zero-order chi connectivity index (χ0) is 10.3. The molecule has 0 saturated heterocycles. The van der Waals surface area contributed by atoms with Gasteiger partial charge in [-0.15, -0.1) is 0 Å². The van der Waals surface area contributed by atoms with Crippen molar-refractivity contribution in [3.05, 3.63) is 23.4 Å². The highest BCUT2D eigenvalue weighted by molar-refractivity contribution is 5.52. The molecule has 1 aromatic rings. The van der Waals surface area contributed by atoms with Gasteiger partial charge in [0, 0.05) is 19.8 Å². The quantitative estimate of drug-likeness (QED) is 0.640. The van der Waals surface area contributed by atoms with Crippen molar-refractivity contribution in [1.29, 1.82) is 0 Å². The summed E-state index contributed by atoms with van der Waals surface area (Å²) in [7, 11) is 1.83. The van der Waals surface area contributed by atoms with Gasteiger partial charge in [-0.2, -0.15) is 13.2 Å². The van der Waals surface area contributed by atoms with Gasteiger partial charge in [0.25, 0.3) is 0 Å². The number of nitrogens with zero attached hydrogens (tertiary/aromatic N) is 2. The molecule has 0 aromatic carbocycles. The summed E-state index contributed by atoms with van der Waals surface area (Å²) in [5, 5.41) is 0. The van der Waals surface area contributed by atoms with Gasteiger partial charge in [-0.25, -0.2) is 4.98 Å². The smallest absolute Gasteiger partial charge is 0.359 e. The van der Waals surface area contributed by atoms with Crippen molar-refractivity contribution in [2.24, 2.45) is 0 Å². The maximum absolute atomic E-state index is 12.3. The number of alkyl halides is 3. The lowest BCUT2D eigenvalue weighted by molar-refractivity contribution is -0.137. The van der Waals surface area contributed by atoms with Crippen LogP contribution in [0.15, 0.2) is 12.3 Å². The molecule has 1 aliphatic heterocycles. The predicted molar refractivity (Wildman–Crippen MR) is 46.2 cm³/mol. The summed E-state index contributed by atoms with van der Waals surface area (Å²) in [5.74, 6) is 0.665. The van der Waals surface area contributed by atoms with E-state index in [1.165, 1.54) is 6.07 Å². The Hall–Kier alpha value is -1.26. The van der Waals surface area contributed by atoms with Crippen LogP contribution in [0.5, 0.6) is 0 Å². The molecule has 0 aliphatic carbocycles. The second-order valence-electron chi connectivity index (χ2n) is 3.38. The predicted octanol–water partition coefficient (Wildman–Crippen LogP) is 2.09. The zero-order valence-electron chi connectivity index (χ0n) is 7.60. The lowest BCUT2D eigenvalue weighted by Gasteiger charge is -2.11. The Morgan fingerprint density at radius 1 is 1.43 bits per heavy atom. The Bertz CT molecular complexity index is 360. The Morgan fingerprint density at radius 2 is 2.14 bits per heavy atom. The van der Waals surface area contributed by atoms with E-state index < -0.39 is 11.7 Å². The minimum Gasteiger partial charge on any atom is -0.359 e. The van der Waals surface area contributed by atoms with Gasteiger partial charge in [-0.1, -0.05) is 0 Å². The average molecular weight is 202 g/mol. The van der Waals surface area contributed by atoms with Crippen molar-refractivity contribution in [3.8, 4) is 0 Å². The van der Waals surface area contributed by atoms with Crippen LogP contribution >= 0.6 is 0 Å². The van der Waals surface area contributed by atoms with E-state index in [1.807, 2.05) is 11.9 Å². The van der Waals surface area contributed by atoms with E-state index in [9.17, 15) is 13.2 Å². The SMILES string of the molecule is CN1CCc2cc(C(F)(F)F)cnc21. The number of aromatic nitrogens is 1. The van der Waals surface area contributed by atoms with Gasteiger partial charge >= 0.3 is 6.18 Å². The molecule has 1 aliphatic rings. The van der Waals surface area contributed by atoms with E-state index >= 15 is 0 Å². The van der Waals surface area contributed by atoms with Gasteiger partial charge in [-0.05, 0) is 18.1 Å². The van der Waals surface area contributed by atoms with Crippen LogP contribution in [-0.2, 0) is 12.6 Å². The molecule has 0 bridgehead atoms. The molecule has 2 heterocycles. The van der Waals surface area contributed by atoms with Crippen LogP contribution in [0.25, 0.3) is 0 Å². The van der Waals surface area contributed by atoms with Gasteiger partial charge in [0.15, 0.2) is 0 Å². The molecule has 5 heteroatoms. The number of hydrogen-bond donors (Lipinski definition) is 0. The fourth-order valence-electron chi connectivity index (χ4n) is 1.58. The third kappa shape index (κ3) is 1.42. The summed E-state index contributed by atoms with van der Waals surface area (Å²) in [6.07, 6.45) is -2.76. The summed E-state index contributed by atoms with van der Waals surface area (Å²) < 4.78 is 36.9. The minimum absolute atomic E-state index is 0.642. The summed E-state index contributed by atoms with van der Waals surface area (Å²) in [4.78, 5) is 5.67. The molecule has 1 aromatic heterocycles. The third-order valence-electron chi connectivity index (χ3n) is 2.35. The first-order valence-corrected chi connectivity index (χ1v) is 4.26. The molecule has 0 atom stereocenters. The highest BCUT2D eigenvalue weighted by atomic mass is 19.4. The van der Waals surface area contributed by atoms with Crippen molar-refractivity contribution < 1.29 is 13.2 Å². The maximum atomic E-state index is 12.3. The Labute approximate surface area is 79.4 Å². The first-order chi connectivity index (χ1) is 6.48. The molecule has 0 spiro atoms. The van der Waals surface area contributed by atoms with Crippen LogP contribution in [0, 0.1) is 0 Å². The van der Waals surface area contributed by atoms with Gasteiger partial charge < -0.3 is 4.90 Å². The monoisotopic (exact) mass is 202 g/mol. The van der Waals surface area contributed by atoms with Gasteiger partial charge in [-0.3, -0.25) is 0 Å². The van der Waals surface area contributed by atoms with E-state index in [0.29, 0.717) is 17.8 Å². The third-order valence-corrected chi connectivity index (χ3v) is 2.35. The molecular weight excluding hydrogens is 193 g/mol. The largest absolute Gasteiger partial charge is 0.417 e. The number of likely N-dealkylation sites (N-methyl/N-ethyl adjacent to an activating group) is 1. The van der Waals surface area contributed by atoms with E-state index in [4.69, 9.17) is 0 Å². The molecule has 0 amide bonds. The van der Waals surface area contributed by atoms with Crippen LogP contribution < -0.4 is 4.90 Å². The minimum atomic E-state index is -4.29. The average Bonchev–Trinajstić information content (AvgIpc) is 2.46. The Kier molecular flexibility index (Phi) is 1.90. The standard InChI is InChI=1S/C9H9F3N2/c1-14-3-2-6-4-7(9(10,11)12)5-13-8(6)14/h4-5H,2-3H2,1H3. The molecule has 0 unspecified atom stereocenters. The summed E-state index contributed by atoms with van der Waals surface area (Å²) in [5.41, 5.74) is 0.0221. The molecule has 0 N–H and O–H groups in total. The van der Waals surface area contributed by atoms with Crippen molar-refractivity contribution in [3.63, 3.8) is 0 Å². The first-order valence-electron chi connectivity index (χ1n) is 4.26. The summed E-state index contributed by atoms with van der Waals surface area (Å²) >= 11 is 0. The summed E-state index contributed by atoms with van der Waals surface area (Å²) in [6, 6.07) is 1.19. The fraction of sp³-hybridized carbons (Fsp3) is 0.444. The lowest BCUT2D eigenvalue weighted by Crippen LogP contribution is -2.14. The van der Waals surface area contributed by atoms with E-state index in [-0.39, 0.29) is 0 Å². The number of fused-ring (bicyclic) bond motifs is 1. The van der Waals surface area contributed by atoms with Gasteiger partial charge in [0.05, 0.1) is 5.56 Å². The van der Waals surface area contributed by atoms with Crippen LogP contribution in [-0.4, -0.2) is 18.6 Å². The molecule has 0 fully saturated rings. The highest BCUT2D eigenvalue weighted by Crippen LogP contribution is 2.33. The first kappa shape index (κ1) is 9.30. The van der Waals surface area contributed by atoms with Gasteiger partial charge in [0.2, 0.25) is 0 Å². The topological polar surface area (TPSA) is 16.1 Å². The Morgan fingerprint density at radius 3 is 2.79 bits per heavy atom. The maximum Gasteiger partial charge on any atom is 0.417 e. The molecule has 14 heavy (non-hydrogen) atoms. The second-order valence-corrected chi connectivity index (χ2v) is 3.38. The van der Waals surface area contributed by atoms with E-state index in [2.05, 4.69) is 4.98 Å². The van der Waals surface area contributed by atoms with Crippen LogP contribution in [0.3, 0.4) is 0 Å². The lowest BCUT2D eigenvalue weighted by atomic mass is 10.1. The zero-order valence-corrected chi connectivity index (χ0v) is 7.60. The van der Waals surface area contributed by atoms with E-state index in [1.54, 1.807) is 0 Å². The van der Waals surface area contributed by atoms with Crippen LogP contribution in [0.4, 0.5) is 19.0 Å². The fourth-order valence-corrected chi connectivity index (χ4v) is 1.58. The number of halogens is 3. The molecule has 76 valence electrons. The van der Waals surface area contributed by atoms with E-state index in [0.717, 1.165) is 12.7 Å². The molecular formula is C9H9F3N2. The molecule has 0 saturated carbocycles. The highest BCUT2D eigenvalue weighted by Gasteiger charge is 2.32. The number of hydrogen-bond acceptors (Lipinski definition) is 2. The van der Waals surface area contributed by atoms with Crippen LogP contribution in [0.2, 0.25) is 0 Å². The van der Waals surface area contributed by atoms with Crippen molar-refractivity contribution in [2.75, 3.05) is 18.5 Å². The van der Waals surface area contributed by atoms with Crippen molar-refractivity contribution in [1.82, 2.24) is 4.98 Å². The number of pyridine rings is 1. The van der Waals surface area contributed by atoms with Crippen LogP contribution in [0.1, 0.15) is 11.1 Å². The summed E-state index contributed by atoms with van der Waals surface area (Å²) in [6.45, 7) is 0.740. The van der Waals surface area contributed by atoms with Crippen molar-refractivity contribution >= 4 is 5.82 Å². The normalized spacial score (nSPS) is 15.9. The number of rotatable bonds is 0. The van der Waals surface area contributed by atoms with Crippen molar-refractivity contribution in [2.45, 2.75) is 12.6 Å². The van der Waals surface area contributed by atoms with Gasteiger partial charge in [0.1, 0.15) is 5.82 Å². The molecule has 0 radical (unpaired) electrons.